The molecule has 0 aliphatic carbocycles. The molecule has 1 fully saturated rings. The Morgan fingerprint density at radius 3 is 2.26 bits per heavy atom. The minimum absolute atomic E-state index is 0.355. The highest BCUT2D eigenvalue weighted by molar-refractivity contribution is 6.62. The molecule has 0 unspecified atom stereocenters. The van der Waals surface area contributed by atoms with Crippen LogP contribution in [0, 0.1) is 6.92 Å². The predicted molar refractivity (Wildman–Crippen MR) is 109 cm³/mol. The molecule has 2 aromatic carbocycles. The second-order valence-electron chi connectivity index (χ2n) is 7.93. The largest absolute Gasteiger partial charge is 0.494 e. The van der Waals surface area contributed by atoms with E-state index in [0.29, 0.717) is 11.0 Å². The summed E-state index contributed by atoms with van der Waals surface area (Å²) in [6.07, 6.45) is 0. The van der Waals surface area contributed by atoms with Gasteiger partial charge in [0.05, 0.1) is 11.2 Å². The Bertz CT molecular complexity index is 982. The number of benzene rings is 2. The predicted octanol–water partition coefficient (Wildman–Crippen LogP) is 4.83. The third-order valence-electron chi connectivity index (χ3n) is 5.33. The van der Waals surface area contributed by atoms with Crippen molar-refractivity contribution >= 4 is 47.0 Å². The minimum atomic E-state index is -0.377. The van der Waals surface area contributed by atoms with E-state index >= 15 is 0 Å². The highest BCUT2D eigenvalue weighted by Gasteiger charge is 2.51. The van der Waals surface area contributed by atoms with E-state index in [4.69, 9.17) is 25.3 Å². The third-order valence-corrected chi connectivity index (χ3v) is 5.55. The van der Waals surface area contributed by atoms with Crippen LogP contribution in [0.4, 0.5) is 11.7 Å². The summed E-state index contributed by atoms with van der Waals surface area (Å²) in [5, 5.41) is 3.83. The molecule has 3 aromatic rings. The molecule has 0 spiro atoms. The number of nitrogens with one attached hydrogen (secondary N) is 1. The Labute approximate surface area is 164 Å². The molecule has 1 N–H and O–H groups in total. The summed E-state index contributed by atoms with van der Waals surface area (Å²) in [6.45, 7) is 10.1. The molecule has 27 heavy (non-hydrogen) atoms. The first-order valence-electron chi connectivity index (χ1n) is 8.94. The fourth-order valence-electron chi connectivity index (χ4n) is 3.04. The van der Waals surface area contributed by atoms with Gasteiger partial charge in [-0.1, -0.05) is 23.7 Å². The summed E-state index contributed by atoms with van der Waals surface area (Å²) in [5.74, 6) is 0. The number of aryl methyl sites for hydroxylation is 1. The molecule has 4 rings (SSSR count). The molecule has 7 heteroatoms. The van der Waals surface area contributed by atoms with Crippen LogP contribution < -0.4 is 10.8 Å². The van der Waals surface area contributed by atoms with Gasteiger partial charge in [0.1, 0.15) is 5.52 Å². The summed E-state index contributed by atoms with van der Waals surface area (Å²) < 4.78 is 18.0. The summed E-state index contributed by atoms with van der Waals surface area (Å²) in [5.41, 5.74) is 3.55. The number of hydrogen-bond acceptors (Lipinski definition) is 5. The average Bonchev–Trinajstić information content (AvgIpc) is 3.06. The maximum Gasteiger partial charge on any atom is 0.494 e. The Hall–Kier alpha value is -2.02. The number of aromatic nitrogens is 1. The van der Waals surface area contributed by atoms with Gasteiger partial charge in [-0.05, 0) is 69.9 Å². The van der Waals surface area contributed by atoms with E-state index in [-0.39, 0.29) is 18.3 Å². The van der Waals surface area contributed by atoms with E-state index in [2.05, 4.69) is 10.3 Å². The molecule has 0 radical (unpaired) electrons. The molecular formula is C20H22BClN2O3. The lowest BCUT2D eigenvalue weighted by Crippen LogP contribution is -2.41. The number of halogens is 1. The average molecular weight is 385 g/mol. The number of anilines is 2. The van der Waals surface area contributed by atoms with Crippen LogP contribution in [0.2, 0.25) is 5.02 Å². The van der Waals surface area contributed by atoms with Gasteiger partial charge in [-0.15, -0.1) is 0 Å². The smallest absolute Gasteiger partial charge is 0.423 e. The van der Waals surface area contributed by atoms with Gasteiger partial charge in [0.2, 0.25) is 0 Å². The molecule has 1 aromatic heterocycles. The first-order valence-corrected chi connectivity index (χ1v) is 9.32. The quantitative estimate of drug-likeness (QED) is 0.655. The Kier molecular flexibility index (Phi) is 4.26. The van der Waals surface area contributed by atoms with Crippen LogP contribution in [-0.4, -0.2) is 23.3 Å². The number of hydrogen-bond donors (Lipinski definition) is 1. The minimum Gasteiger partial charge on any atom is -0.423 e. The molecule has 1 aliphatic rings. The van der Waals surface area contributed by atoms with Crippen molar-refractivity contribution in [2.45, 2.75) is 45.8 Å². The maximum atomic E-state index is 6.09. The first-order chi connectivity index (χ1) is 12.6. The fourth-order valence-corrected chi connectivity index (χ4v) is 3.30. The van der Waals surface area contributed by atoms with Crippen molar-refractivity contribution in [1.82, 2.24) is 4.98 Å². The summed E-state index contributed by atoms with van der Waals surface area (Å²) in [6, 6.07) is 12.0. The second-order valence-corrected chi connectivity index (χ2v) is 8.36. The van der Waals surface area contributed by atoms with Crippen LogP contribution in [0.15, 0.2) is 40.8 Å². The van der Waals surface area contributed by atoms with Crippen LogP contribution in [-0.2, 0) is 9.31 Å². The summed E-state index contributed by atoms with van der Waals surface area (Å²) >= 11 is 6.09. The number of oxazole rings is 1. The Morgan fingerprint density at radius 1 is 1.00 bits per heavy atom. The highest BCUT2D eigenvalue weighted by atomic mass is 35.5. The summed E-state index contributed by atoms with van der Waals surface area (Å²) in [7, 11) is -0.377. The zero-order valence-corrected chi connectivity index (χ0v) is 16.8. The molecule has 140 valence electrons. The van der Waals surface area contributed by atoms with Gasteiger partial charge >= 0.3 is 7.12 Å². The van der Waals surface area contributed by atoms with Crippen LogP contribution in [0.25, 0.3) is 11.1 Å². The van der Waals surface area contributed by atoms with Gasteiger partial charge in [-0.3, -0.25) is 0 Å². The fraction of sp³-hybridized carbons (Fsp3) is 0.350. The van der Waals surface area contributed by atoms with E-state index in [0.717, 1.165) is 27.8 Å². The standard InChI is InChI=1S/C20H22BClN2O3/c1-12-10-14(22)11-16-17(12)25-18(24-16)23-15-8-6-13(7-9-15)21-26-19(2,3)20(4,5)27-21/h6-11H,1-5H3,(H,23,24). The molecule has 0 saturated carbocycles. The Morgan fingerprint density at radius 2 is 1.63 bits per heavy atom. The van der Waals surface area contributed by atoms with Crippen LogP contribution >= 0.6 is 11.6 Å². The summed E-state index contributed by atoms with van der Waals surface area (Å²) in [4.78, 5) is 4.46. The highest BCUT2D eigenvalue weighted by Crippen LogP contribution is 2.36. The van der Waals surface area contributed by atoms with Gasteiger partial charge < -0.3 is 19.0 Å². The molecule has 1 saturated heterocycles. The lowest BCUT2D eigenvalue weighted by molar-refractivity contribution is 0.00578. The SMILES string of the molecule is Cc1cc(Cl)cc2nc(Nc3ccc(B4OC(C)(C)C(C)(C)O4)cc3)oc12. The van der Waals surface area contributed by atoms with Gasteiger partial charge in [-0.2, -0.15) is 4.98 Å². The monoisotopic (exact) mass is 384 g/mol. The van der Waals surface area contributed by atoms with Crippen molar-refractivity contribution in [1.29, 1.82) is 0 Å². The van der Waals surface area contributed by atoms with E-state index in [1.807, 2.05) is 65.0 Å². The molecule has 0 amide bonds. The van der Waals surface area contributed by atoms with Gasteiger partial charge in [0.25, 0.3) is 6.01 Å². The molecule has 1 aliphatic heterocycles. The third kappa shape index (κ3) is 3.33. The van der Waals surface area contributed by atoms with Crippen LogP contribution in [0.1, 0.15) is 33.3 Å². The lowest BCUT2D eigenvalue weighted by atomic mass is 9.79. The van der Waals surface area contributed by atoms with E-state index in [1.54, 1.807) is 6.07 Å². The van der Waals surface area contributed by atoms with Crippen molar-refractivity contribution in [2.24, 2.45) is 0 Å². The van der Waals surface area contributed by atoms with Gasteiger partial charge in [-0.25, -0.2) is 0 Å². The van der Waals surface area contributed by atoms with Crippen LogP contribution in [0.5, 0.6) is 0 Å². The van der Waals surface area contributed by atoms with Crippen molar-refractivity contribution in [3.05, 3.63) is 47.0 Å². The maximum absolute atomic E-state index is 6.09. The topological polar surface area (TPSA) is 56.5 Å². The second kappa shape index (κ2) is 6.26. The van der Waals surface area contributed by atoms with Crippen molar-refractivity contribution in [3.63, 3.8) is 0 Å². The zero-order valence-electron chi connectivity index (χ0n) is 16.1. The zero-order chi connectivity index (χ0) is 19.4. The van der Waals surface area contributed by atoms with E-state index in [9.17, 15) is 0 Å². The molecule has 0 atom stereocenters. The first kappa shape index (κ1) is 18.4. The van der Waals surface area contributed by atoms with Crippen molar-refractivity contribution < 1.29 is 13.7 Å². The normalized spacial score (nSPS) is 18.2. The van der Waals surface area contributed by atoms with E-state index in [1.165, 1.54) is 0 Å². The molecular weight excluding hydrogens is 362 g/mol. The molecule has 2 heterocycles. The van der Waals surface area contributed by atoms with Gasteiger partial charge in [0.15, 0.2) is 5.58 Å². The van der Waals surface area contributed by atoms with Crippen molar-refractivity contribution in [2.75, 3.05) is 5.32 Å². The number of rotatable bonds is 3. The molecule has 5 nitrogen and oxygen atoms in total. The Balaban J connectivity index is 1.53. The van der Waals surface area contributed by atoms with E-state index < -0.39 is 0 Å². The number of fused-ring (bicyclic) bond motifs is 1. The molecule has 0 bridgehead atoms. The lowest BCUT2D eigenvalue weighted by Gasteiger charge is -2.32. The van der Waals surface area contributed by atoms with Crippen LogP contribution in [0.3, 0.4) is 0 Å². The van der Waals surface area contributed by atoms with Gasteiger partial charge in [0, 0.05) is 10.7 Å². The number of nitrogens with zero attached hydrogens (tertiary/aromatic N) is 1. The van der Waals surface area contributed by atoms with Crippen molar-refractivity contribution in [3.8, 4) is 0 Å².